The van der Waals surface area contributed by atoms with Gasteiger partial charge in [0.2, 0.25) is 0 Å². The number of amides is 1. The number of thiazole rings is 1. The molecule has 0 N–H and O–H groups in total. The van der Waals surface area contributed by atoms with Crippen LogP contribution in [0, 0.1) is 20.8 Å². The summed E-state index contributed by atoms with van der Waals surface area (Å²) in [5.74, 6) is 0.0363. The third kappa shape index (κ3) is 2.99. The van der Waals surface area contributed by atoms with Gasteiger partial charge in [-0.15, -0.1) is 11.3 Å². The average molecular weight is 339 g/mol. The van der Waals surface area contributed by atoms with Crippen molar-refractivity contribution in [1.29, 1.82) is 0 Å². The topological polar surface area (TPSA) is 38.1 Å². The fourth-order valence-electron chi connectivity index (χ4n) is 2.92. The maximum absolute atomic E-state index is 12.9. The summed E-state index contributed by atoms with van der Waals surface area (Å²) in [6, 6.07) is 10.1. The Morgan fingerprint density at radius 3 is 2.67 bits per heavy atom. The van der Waals surface area contributed by atoms with Crippen LogP contribution in [0.15, 0.2) is 41.9 Å². The fraction of sp³-hybridized carbons (Fsp3) is 0.263. The summed E-state index contributed by atoms with van der Waals surface area (Å²) < 4.78 is 2.04. The second kappa shape index (κ2) is 6.61. The van der Waals surface area contributed by atoms with Gasteiger partial charge >= 0.3 is 0 Å². The van der Waals surface area contributed by atoms with E-state index in [0.29, 0.717) is 6.54 Å². The minimum Gasteiger partial charge on any atom is -0.337 e. The standard InChI is InChI=1S/C19H21N3OS/c1-13-7-5-6-8-16(13)12-21(4)18(23)17-11-14(2)22(15(17)3)19-20-9-10-24-19/h5-11H,12H2,1-4H3. The first kappa shape index (κ1) is 16.5. The van der Waals surface area contributed by atoms with Crippen LogP contribution in [0.3, 0.4) is 0 Å². The van der Waals surface area contributed by atoms with Crippen molar-refractivity contribution in [2.75, 3.05) is 7.05 Å². The van der Waals surface area contributed by atoms with E-state index in [1.165, 1.54) is 11.1 Å². The Balaban J connectivity index is 1.88. The molecule has 2 aromatic heterocycles. The molecule has 4 nitrogen and oxygen atoms in total. The summed E-state index contributed by atoms with van der Waals surface area (Å²) in [6.45, 7) is 6.66. The van der Waals surface area contributed by atoms with Gasteiger partial charge in [0.05, 0.1) is 5.56 Å². The lowest BCUT2D eigenvalue weighted by atomic mass is 10.1. The molecule has 0 aliphatic carbocycles. The summed E-state index contributed by atoms with van der Waals surface area (Å²) in [7, 11) is 1.85. The molecule has 0 bridgehead atoms. The van der Waals surface area contributed by atoms with Crippen molar-refractivity contribution in [2.45, 2.75) is 27.3 Å². The normalized spacial score (nSPS) is 10.8. The van der Waals surface area contributed by atoms with E-state index in [0.717, 1.165) is 22.1 Å². The summed E-state index contributed by atoms with van der Waals surface area (Å²) in [4.78, 5) is 19.0. The third-order valence-electron chi connectivity index (χ3n) is 4.29. The van der Waals surface area contributed by atoms with E-state index < -0.39 is 0 Å². The Bertz CT molecular complexity index is 865. The molecule has 1 amide bonds. The van der Waals surface area contributed by atoms with Gasteiger partial charge in [0.15, 0.2) is 5.13 Å². The van der Waals surface area contributed by atoms with Crippen LogP contribution in [0.25, 0.3) is 5.13 Å². The van der Waals surface area contributed by atoms with Crippen LogP contribution in [0.1, 0.15) is 32.9 Å². The highest BCUT2D eigenvalue weighted by Gasteiger charge is 2.20. The lowest BCUT2D eigenvalue weighted by molar-refractivity contribution is 0.0784. The van der Waals surface area contributed by atoms with Crippen molar-refractivity contribution in [3.8, 4) is 5.13 Å². The van der Waals surface area contributed by atoms with E-state index in [1.54, 1.807) is 22.4 Å². The number of aryl methyl sites for hydroxylation is 2. The van der Waals surface area contributed by atoms with E-state index in [-0.39, 0.29) is 5.91 Å². The number of hydrogen-bond acceptors (Lipinski definition) is 3. The molecule has 1 aromatic carbocycles. The zero-order valence-corrected chi connectivity index (χ0v) is 15.2. The maximum Gasteiger partial charge on any atom is 0.255 e. The average Bonchev–Trinajstić information content (AvgIpc) is 3.16. The SMILES string of the molecule is Cc1ccccc1CN(C)C(=O)c1cc(C)n(-c2nccs2)c1C. The zero-order chi connectivity index (χ0) is 17.3. The van der Waals surface area contributed by atoms with Crippen LogP contribution in [0.4, 0.5) is 0 Å². The second-order valence-corrected chi connectivity index (χ2v) is 6.90. The predicted molar refractivity (Wildman–Crippen MR) is 97.9 cm³/mol. The smallest absolute Gasteiger partial charge is 0.255 e. The number of aromatic nitrogens is 2. The summed E-state index contributed by atoms with van der Waals surface area (Å²) in [5, 5.41) is 2.84. The number of rotatable bonds is 4. The first-order chi connectivity index (χ1) is 11.5. The van der Waals surface area contributed by atoms with Crippen LogP contribution in [0.5, 0.6) is 0 Å². The summed E-state index contributed by atoms with van der Waals surface area (Å²) in [5.41, 5.74) is 5.06. The van der Waals surface area contributed by atoms with E-state index in [1.807, 2.05) is 49.0 Å². The Morgan fingerprint density at radius 2 is 2.00 bits per heavy atom. The highest BCUT2D eigenvalue weighted by molar-refractivity contribution is 7.12. The van der Waals surface area contributed by atoms with Crippen molar-refractivity contribution in [3.63, 3.8) is 0 Å². The molecule has 0 radical (unpaired) electrons. The van der Waals surface area contributed by atoms with Crippen LogP contribution in [-0.2, 0) is 6.54 Å². The molecule has 0 aliphatic rings. The predicted octanol–water partition coefficient (Wildman–Crippen LogP) is 4.13. The molecule has 0 saturated carbocycles. The molecular formula is C19H21N3OS. The summed E-state index contributed by atoms with van der Waals surface area (Å²) >= 11 is 1.57. The highest BCUT2D eigenvalue weighted by Crippen LogP contribution is 2.23. The van der Waals surface area contributed by atoms with Crippen LogP contribution in [-0.4, -0.2) is 27.4 Å². The van der Waals surface area contributed by atoms with Crippen LogP contribution in [0.2, 0.25) is 0 Å². The number of hydrogen-bond donors (Lipinski definition) is 0. The Labute approximate surface area is 146 Å². The van der Waals surface area contributed by atoms with E-state index in [4.69, 9.17) is 0 Å². The number of carbonyl (C=O) groups excluding carboxylic acids is 1. The molecule has 124 valence electrons. The van der Waals surface area contributed by atoms with E-state index in [2.05, 4.69) is 24.0 Å². The molecular weight excluding hydrogens is 318 g/mol. The van der Waals surface area contributed by atoms with Crippen molar-refractivity contribution in [3.05, 3.63) is 70.0 Å². The zero-order valence-electron chi connectivity index (χ0n) is 14.4. The quantitative estimate of drug-likeness (QED) is 0.717. The van der Waals surface area contributed by atoms with Crippen molar-refractivity contribution < 1.29 is 4.79 Å². The molecule has 0 saturated heterocycles. The van der Waals surface area contributed by atoms with Gasteiger partial charge in [-0.2, -0.15) is 0 Å². The van der Waals surface area contributed by atoms with Gasteiger partial charge < -0.3 is 4.90 Å². The van der Waals surface area contributed by atoms with Gasteiger partial charge in [-0.3, -0.25) is 9.36 Å². The van der Waals surface area contributed by atoms with Crippen molar-refractivity contribution >= 4 is 17.2 Å². The minimum atomic E-state index is 0.0363. The molecule has 24 heavy (non-hydrogen) atoms. The number of nitrogens with zero attached hydrogens (tertiary/aromatic N) is 3. The first-order valence-electron chi connectivity index (χ1n) is 7.88. The van der Waals surface area contributed by atoms with Gasteiger partial charge in [0.1, 0.15) is 0 Å². The van der Waals surface area contributed by atoms with Crippen LogP contribution >= 0.6 is 11.3 Å². The monoisotopic (exact) mass is 339 g/mol. The summed E-state index contributed by atoms with van der Waals surface area (Å²) in [6.07, 6.45) is 1.78. The fourth-order valence-corrected chi connectivity index (χ4v) is 3.67. The molecule has 0 fully saturated rings. The molecule has 3 rings (SSSR count). The molecule has 3 aromatic rings. The second-order valence-electron chi connectivity index (χ2n) is 6.02. The number of carbonyl (C=O) groups is 1. The molecule has 0 unspecified atom stereocenters. The van der Waals surface area contributed by atoms with E-state index >= 15 is 0 Å². The molecule has 2 heterocycles. The maximum atomic E-state index is 12.9. The molecule has 0 aliphatic heterocycles. The Morgan fingerprint density at radius 1 is 1.25 bits per heavy atom. The Hall–Kier alpha value is -2.40. The lowest BCUT2D eigenvalue weighted by Crippen LogP contribution is -2.27. The van der Waals surface area contributed by atoms with E-state index in [9.17, 15) is 4.79 Å². The van der Waals surface area contributed by atoms with Gasteiger partial charge in [-0.05, 0) is 38.0 Å². The third-order valence-corrected chi connectivity index (χ3v) is 5.04. The Kier molecular flexibility index (Phi) is 4.53. The largest absolute Gasteiger partial charge is 0.337 e. The molecule has 5 heteroatoms. The van der Waals surface area contributed by atoms with Gasteiger partial charge in [-0.1, -0.05) is 24.3 Å². The highest BCUT2D eigenvalue weighted by atomic mass is 32.1. The minimum absolute atomic E-state index is 0.0363. The van der Waals surface area contributed by atoms with Crippen LogP contribution < -0.4 is 0 Å². The van der Waals surface area contributed by atoms with Crippen molar-refractivity contribution in [2.24, 2.45) is 0 Å². The van der Waals surface area contributed by atoms with Gasteiger partial charge in [0, 0.05) is 36.6 Å². The molecule has 0 atom stereocenters. The lowest BCUT2D eigenvalue weighted by Gasteiger charge is -2.18. The number of benzene rings is 1. The molecule has 0 spiro atoms. The van der Waals surface area contributed by atoms with Crippen molar-refractivity contribution in [1.82, 2.24) is 14.5 Å². The van der Waals surface area contributed by atoms with Gasteiger partial charge in [-0.25, -0.2) is 4.98 Å². The van der Waals surface area contributed by atoms with Gasteiger partial charge in [0.25, 0.3) is 5.91 Å². The first-order valence-corrected chi connectivity index (χ1v) is 8.75.